The lowest BCUT2D eigenvalue weighted by atomic mass is 9.86. The van der Waals surface area contributed by atoms with Crippen LogP contribution in [0.15, 0.2) is 55.1 Å². The number of halogens is 2. The van der Waals surface area contributed by atoms with Gasteiger partial charge in [-0.05, 0) is 26.0 Å². The van der Waals surface area contributed by atoms with E-state index in [9.17, 15) is 13.9 Å². The molecule has 6 nitrogen and oxygen atoms in total. The largest absolute Gasteiger partial charge is 0.381 e. The van der Waals surface area contributed by atoms with Gasteiger partial charge in [0.2, 0.25) is 0 Å². The zero-order valence-electron chi connectivity index (χ0n) is 15.4. The van der Waals surface area contributed by atoms with Gasteiger partial charge in [0.15, 0.2) is 0 Å². The van der Waals surface area contributed by atoms with Gasteiger partial charge in [0, 0.05) is 22.7 Å². The molecule has 0 aliphatic carbocycles. The summed E-state index contributed by atoms with van der Waals surface area (Å²) in [7, 11) is 0. The standard InChI is InChI=1S/C20H19F2N5O/c1-13-16-5-3-4-6-19(16)25-27(13)14(2)20(28,10-26-12-23-11-24-26)17-8-7-15(21)9-18(17)22/h3-9,11-12,14,28H,10H2,1-2H3/t14-,20-/m1/s1. The molecule has 8 heteroatoms. The number of hydrogen-bond donors (Lipinski definition) is 1. The Labute approximate surface area is 160 Å². The van der Waals surface area contributed by atoms with Crippen LogP contribution in [0.4, 0.5) is 8.78 Å². The van der Waals surface area contributed by atoms with Crippen molar-refractivity contribution in [2.45, 2.75) is 32.0 Å². The molecule has 1 N–H and O–H groups in total. The number of benzene rings is 2. The summed E-state index contributed by atoms with van der Waals surface area (Å²) in [5.41, 5.74) is -0.175. The van der Waals surface area contributed by atoms with Crippen molar-refractivity contribution in [3.8, 4) is 0 Å². The molecule has 2 atom stereocenters. The van der Waals surface area contributed by atoms with E-state index in [0.29, 0.717) is 0 Å². The second-order valence-corrected chi connectivity index (χ2v) is 6.86. The fourth-order valence-corrected chi connectivity index (χ4v) is 3.60. The molecule has 0 fully saturated rings. The van der Waals surface area contributed by atoms with E-state index < -0.39 is 23.3 Å². The molecule has 0 unspecified atom stereocenters. The van der Waals surface area contributed by atoms with Crippen LogP contribution in [0.3, 0.4) is 0 Å². The SMILES string of the molecule is Cc1c2ccccc2nn1[C@H](C)[C@](O)(Cn1cncn1)c1ccc(F)cc1F. The van der Waals surface area contributed by atoms with Crippen LogP contribution >= 0.6 is 0 Å². The smallest absolute Gasteiger partial charge is 0.137 e. The monoisotopic (exact) mass is 383 g/mol. The van der Waals surface area contributed by atoms with Crippen molar-refractivity contribution < 1.29 is 13.9 Å². The first-order chi connectivity index (χ1) is 13.4. The summed E-state index contributed by atoms with van der Waals surface area (Å²) >= 11 is 0. The van der Waals surface area contributed by atoms with E-state index in [2.05, 4.69) is 15.2 Å². The van der Waals surface area contributed by atoms with Crippen LogP contribution in [0.5, 0.6) is 0 Å². The number of aryl methyl sites for hydroxylation is 1. The van der Waals surface area contributed by atoms with Gasteiger partial charge in [0.05, 0.1) is 18.1 Å². The molecule has 0 saturated carbocycles. The van der Waals surface area contributed by atoms with Crippen LogP contribution in [0.1, 0.15) is 24.2 Å². The summed E-state index contributed by atoms with van der Waals surface area (Å²) in [4.78, 5) is 3.89. The molecule has 28 heavy (non-hydrogen) atoms. The minimum absolute atomic E-state index is 0.0316. The van der Waals surface area contributed by atoms with Gasteiger partial charge in [-0.3, -0.25) is 4.68 Å². The lowest BCUT2D eigenvalue weighted by molar-refractivity contribution is -0.0372. The van der Waals surface area contributed by atoms with Crippen molar-refractivity contribution in [3.05, 3.63) is 78.0 Å². The zero-order chi connectivity index (χ0) is 19.9. The summed E-state index contributed by atoms with van der Waals surface area (Å²) < 4.78 is 31.2. The number of rotatable bonds is 5. The Balaban J connectivity index is 1.87. The van der Waals surface area contributed by atoms with Crippen LogP contribution in [0.25, 0.3) is 10.9 Å². The van der Waals surface area contributed by atoms with Gasteiger partial charge in [-0.25, -0.2) is 18.4 Å². The van der Waals surface area contributed by atoms with E-state index in [0.717, 1.165) is 28.7 Å². The Kier molecular flexibility index (Phi) is 4.43. The fraction of sp³-hybridized carbons (Fsp3) is 0.250. The van der Waals surface area contributed by atoms with Crippen LogP contribution < -0.4 is 0 Å². The highest BCUT2D eigenvalue weighted by atomic mass is 19.1. The van der Waals surface area contributed by atoms with Crippen LogP contribution in [-0.2, 0) is 12.1 Å². The van der Waals surface area contributed by atoms with Gasteiger partial charge in [-0.1, -0.05) is 24.3 Å². The maximum absolute atomic E-state index is 14.7. The molecule has 144 valence electrons. The minimum atomic E-state index is -1.75. The molecule has 2 heterocycles. The first-order valence-corrected chi connectivity index (χ1v) is 8.84. The van der Waals surface area contributed by atoms with Gasteiger partial charge >= 0.3 is 0 Å². The van der Waals surface area contributed by atoms with E-state index in [-0.39, 0.29) is 12.1 Å². The van der Waals surface area contributed by atoms with Crippen molar-refractivity contribution in [1.29, 1.82) is 0 Å². The highest BCUT2D eigenvalue weighted by molar-refractivity contribution is 5.81. The lowest BCUT2D eigenvalue weighted by Crippen LogP contribution is -2.41. The topological polar surface area (TPSA) is 68.8 Å². The number of hydrogen-bond acceptors (Lipinski definition) is 4. The Hall–Kier alpha value is -3.13. The highest BCUT2D eigenvalue weighted by Crippen LogP contribution is 2.38. The third-order valence-electron chi connectivity index (χ3n) is 5.18. The molecule has 0 saturated heterocycles. The van der Waals surface area contributed by atoms with Crippen LogP contribution in [-0.4, -0.2) is 29.7 Å². The Bertz CT molecular complexity index is 1130. The predicted molar refractivity (Wildman–Crippen MR) is 99.5 cm³/mol. The van der Waals surface area contributed by atoms with Gasteiger partial charge in [0.1, 0.15) is 29.9 Å². The van der Waals surface area contributed by atoms with Gasteiger partial charge < -0.3 is 5.11 Å². The average molecular weight is 383 g/mol. The van der Waals surface area contributed by atoms with E-state index in [1.54, 1.807) is 11.6 Å². The minimum Gasteiger partial charge on any atom is -0.381 e. The molecule has 0 spiro atoms. The Morgan fingerprint density at radius 3 is 2.64 bits per heavy atom. The lowest BCUT2D eigenvalue weighted by Gasteiger charge is -2.35. The summed E-state index contributed by atoms with van der Waals surface area (Å²) in [5.74, 6) is -1.54. The number of aromatic nitrogens is 5. The van der Waals surface area contributed by atoms with Crippen LogP contribution in [0.2, 0.25) is 0 Å². The molecule has 0 aliphatic rings. The maximum Gasteiger partial charge on any atom is 0.137 e. The van der Waals surface area contributed by atoms with Crippen molar-refractivity contribution in [1.82, 2.24) is 24.5 Å². The van der Waals surface area contributed by atoms with Gasteiger partial charge in [-0.15, -0.1) is 0 Å². The summed E-state index contributed by atoms with van der Waals surface area (Å²) in [6.45, 7) is 3.56. The second kappa shape index (κ2) is 6.79. The van der Waals surface area contributed by atoms with Gasteiger partial charge in [0.25, 0.3) is 0 Å². The first kappa shape index (κ1) is 18.2. The third kappa shape index (κ3) is 2.95. The van der Waals surface area contributed by atoms with E-state index in [1.807, 2.05) is 31.2 Å². The third-order valence-corrected chi connectivity index (χ3v) is 5.18. The predicted octanol–water partition coefficient (Wildman–Crippen LogP) is 3.36. The van der Waals surface area contributed by atoms with E-state index >= 15 is 0 Å². The van der Waals surface area contributed by atoms with Crippen molar-refractivity contribution in [2.75, 3.05) is 0 Å². The number of aliphatic hydroxyl groups is 1. The maximum atomic E-state index is 14.7. The Morgan fingerprint density at radius 2 is 1.96 bits per heavy atom. The molecular formula is C20H19F2N5O. The van der Waals surface area contributed by atoms with Gasteiger partial charge in [-0.2, -0.15) is 10.2 Å². The van der Waals surface area contributed by atoms with Crippen molar-refractivity contribution in [2.24, 2.45) is 0 Å². The summed E-state index contributed by atoms with van der Waals surface area (Å²) in [5, 5.41) is 21.3. The molecule has 0 aliphatic heterocycles. The molecule has 4 rings (SSSR count). The molecular weight excluding hydrogens is 364 g/mol. The average Bonchev–Trinajstić information content (AvgIpc) is 3.29. The Morgan fingerprint density at radius 1 is 1.18 bits per heavy atom. The molecule has 2 aromatic heterocycles. The van der Waals surface area contributed by atoms with Crippen molar-refractivity contribution in [3.63, 3.8) is 0 Å². The quantitative estimate of drug-likeness (QED) is 0.574. The zero-order valence-corrected chi connectivity index (χ0v) is 15.4. The fourth-order valence-electron chi connectivity index (χ4n) is 3.60. The molecule has 4 aromatic rings. The normalized spacial score (nSPS) is 14.9. The number of nitrogens with zero attached hydrogens (tertiary/aromatic N) is 5. The van der Waals surface area contributed by atoms with Crippen molar-refractivity contribution >= 4 is 10.9 Å². The molecule has 0 radical (unpaired) electrons. The van der Waals surface area contributed by atoms with E-state index in [1.165, 1.54) is 23.4 Å². The number of fused-ring (bicyclic) bond motifs is 1. The second-order valence-electron chi connectivity index (χ2n) is 6.86. The summed E-state index contributed by atoms with van der Waals surface area (Å²) in [6.07, 6.45) is 2.77. The molecule has 0 bridgehead atoms. The summed E-state index contributed by atoms with van der Waals surface area (Å²) in [6, 6.07) is 10.1. The highest BCUT2D eigenvalue weighted by Gasteiger charge is 2.41. The molecule has 2 aromatic carbocycles. The first-order valence-electron chi connectivity index (χ1n) is 8.84. The van der Waals surface area contributed by atoms with Crippen LogP contribution in [0, 0.1) is 18.6 Å². The van der Waals surface area contributed by atoms with E-state index in [4.69, 9.17) is 0 Å². The molecule has 0 amide bonds.